The van der Waals surface area contributed by atoms with Gasteiger partial charge >= 0.3 is 29.6 Å². The summed E-state index contributed by atoms with van der Waals surface area (Å²) in [6.45, 7) is 3.68. The maximum absolute atomic E-state index is 10.4. The van der Waals surface area contributed by atoms with E-state index in [-0.39, 0.29) is 35.3 Å². The molecule has 0 aliphatic carbocycles. The van der Waals surface area contributed by atoms with Crippen LogP contribution >= 0.6 is 11.8 Å². The van der Waals surface area contributed by atoms with Crippen LogP contribution in [0.5, 0.6) is 0 Å². The van der Waals surface area contributed by atoms with Crippen LogP contribution in [0.25, 0.3) is 6.08 Å². The van der Waals surface area contributed by atoms with E-state index in [0.717, 1.165) is 11.3 Å². The fourth-order valence-corrected chi connectivity index (χ4v) is 2.88. The number of thioether (sulfide) groups is 1. The molecule has 1 aromatic carbocycles. The largest absolute Gasteiger partial charge is 1.00 e. The Morgan fingerprint density at radius 3 is 2.39 bits per heavy atom. The van der Waals surface area contributed by atoms with Crippen LogP contribution in [-0.2, 0) is 15.9 Å². The zero-order chi connectivity index (χ0) is 12.7. The van der Waals surface area contributed by atoms with Crippen molar-refractivity contribution in [3.05, 3.63) is 42.0 Å². The summed E-state index contributed by atoms with van der Waals surface area (Å²) in [6, 6.07) is 8.03. The quantitative estimate of drug-likeness (QED) is 0.386. The van der Waals surface area contributed by atoms with E-state index in [4.69, 9.17) is 0 Å². The van der Waals surface area contributed by atoms with Crippen molar-refractivity contribution in [2.24, 2.45) is 0 Å². The molecule has 0 aliphatic heterocycles. The zero-order valence-electron chi connectivity index (χ0n) is 10.5. The van der Waals surface area contributed by atoms with E-state index in [1.54, 1.807) is 17.8 Å². The smallest absolute Gasteiger partial charge is 0.748 e. The van der Waals surface area contributed by atoms with Crippen molar-refractivity contribution >= 4 is 28.0 Å². The minimum atomic E-state index is -4.05. The predicted octanol–water partition coefficient (Wildman–Crippen LogP) is -0.498. The van der Waals surface area contributed by atoms with Gasteiger partial charge in [-0.2, -0.15) is 11.8 Å². The van der Waals surface area contributed by atoms with Crippen molar-refractivity contribution in [3.63, 3.8) is 0 Å². The van der Waals surface area contributed by atoms with Crippen molar-refractivity contribution in [2.75, 3.05) is 11.5 Å². The molecule has 1 rings (SSSR count). The summed E-state index contributed by atoms with van der Waals surface area (Å²) in [5.41, 5.74) is 2.27. The maximum atomic E-state index is 10.4. The second kappa shape index (κ2) is 9.18. The molecule has 0 radical (unpaired) electrons. The molecular formula is C12H15NaO3S2. The Morgan fingerprint density at radius 2 is 1.89 bits per heavy atom. The Hall–Kier alpha value is 0.220. The second-order valence-electron chi connectivity index (χ2n) is 3.61. The molecule has 18 heavy (non-hydrogen) atoms. The first kappa shape index (κ1) is 18.2. The minimum absolute atomic E-state index is 0. The minimum Gasteiger partial charge on any atom is -0.748 e. The van der Waals surface area contributed by atoms with E-state index in [9.17, 15) is 13.0 Å². The Labute approximate surface area is 135 Å². The Morgan fingerprint density at radius 1 is 1.28 bits per heavy atom. The fraction of sp³-hybridized carbons (Fsp3) is 0.333. The summed E-state index contributed by atoms with van der Waals surface area (Å²) in [4.78, 5) is 0. The molecule has 0 aromatic heterocycles. The standard InChI is InChI=1S/C12H16O3S2.Na/c1-2-11-4-6-12(7-5-11)10-16-8-3-9-17(13,14)15;/h2,4-7H,1,3,8-10H2,(H,13,14,15);/q;+1/p-1. The van der Waals surface area contributed by atoms with Gasteiger partial charge in [0.1, 0.15) is 0 Å². The molecular weight excluding hydrogens is 279 g/mol. The van der Waals surface area contributed by atoms with E-state index in [1.165, 1.54) is 5.56 Å². The van der Waals surface area contributed by atoms with Gasteiger partial charge in [0.25, 0.3) is 0 Å². The van der Waals surface area contributed by atoms with Gasteiger partial charge in [-0.25, -0.2) is 8.42 Å². The van der Waals surface area contributed by atoms with Crippen molar-refractivity contribution < 1.29 is 42.5 Å². The van der Waals surface area contributed by atoms with Crippen LogP contribution in [-0.4, -0.2) is 24.5 Å². The average molecular weight is 294 g/mol. The van der Waals surface area contributed by atoms with Crippen molar-refractivity contribution in [1.82, 2.24) is 0 Å². The Balaban J connectivity index is 0.00000289. The third-order valence-electron chi connectivity index (χ3n) is 2.17. The van der Waals surface area contributed by atoms with Gasteiger partial charge in [-0.15, -0.1) is 0 Å². The monoisotopic (exact) mass is 294 g/mol. The molecule has 0 spiro atoms. The maximum Gasteiger partial charge on any atom is 1.00 e. The van der Waals surface area contributed by atoms with Gasteiger partial charge < -0.3 is 4.55 Å². The normalized spacial score (nSPS) is 10.7. The van der Waals surface area contributed by atoms with Crippen LogP contribution in [0.2, 0.25) is 0 Å². The molecule has 0 aliphatic rings. The van der Waals surface area contributed by atoms with Crippen molar-refractivity contribution in [2.45, 2.75) is 12.2 Å². The number of hydrogen-bond donors (Lipinski definition) is 0. The number of hydrogen-bond acceptors (Lipinski definition) is 4. The van der Waals surface area contributed by atoms with Gasteiger partial charge in [0, 0.05) is 11.5 Å². The van der Waals surface area contributed by atoms with Crippen LogP contribution in [0.15, 0.2) is 30.8 Å². The van der Waals surface area contributed by atoms with E-state index in [0.29, 0.717) is 12.2 Å². The first-order valence-electron chi connectivity index (χ1n) is 5.24. The zero-order valence-corrected chi connectivity index (χ0v) is 14.1. The summed E-state index contributed by atoms with van der Waals surface area (Å²) < 4.78 is 31.1. The molecule has 0 fully saturated rings. The third-order valence-corrected chi connectivity index (χ3v) is 4.07. The van der Waals surface area contributed by atoms with Crippen LogP contribution in [0.3, 0.4) is 0 Å². The van der Waals surface area contributed by atoms with Crippen LogP contribution < -0.4 is 29.6 Å². The van der Waals surface area contributed by atoms with Gasteiger partial charge in [-0.3, -0.25) is 0 Å². The molecule has 94 valence electrons. The van der Waals surface area contributed by atoms with Crippen molar-refractivity contribution in [3.8, 4) is 0 Å². The molecule has 0 saturated carbocycles. The Bertz CT molecular complexity index is 455. The fourth-order valence-electron chi connectivity index (χ4n) is 1.28. The van der Waals surface area contributed by atoms with Gasteiger partial charge in [-0.05, 0) is 23.3 Å². The van der Waals surface area contributed by atoms with E-state index in [2.05, 4.69) is 6.58 Å². The second-order valence-corrected chi connectivity index (χ2v) is 6.24. The third kappa shape index (κ3) is 8.34. The summed E-state index contributed by atoms with van der Waals surface area (Å²) >= 11 is 1.63. The number of rotatable bonds is 7. The SMILES string of the molecule is C=Cc1ccc(CSCCCS(=O)(=O)[O-])cc1.[Na+]. The molecule has 6 heteroatoms. The predicted molar refractivity (Wildman–Crippen MR) is 71.9 cm³/mol. The van der Waals surface area contributed by atoms with Gasteiger partial charge in [0.15, 0.2) is 0 Å². The summed E-state index contributed by atoms with van der Waals surface area (Å²) in [6.07, 6.45) is 2.21. The summed E-state index contributed by atoms with van der Waals surface area (Å²) in [5, 5.41) is 0. The molecule has 1 aromatic rings. The Kier molecular flexibility index (Phi) is 9.29. The summed E-state index contributed by atoms with van der Waals surface area (Å²) in [7, 11) is -4.05. The summed E-state index contributed by atoms with van der Waals surface area (Å²) in [5.74, 6) is 1.25. The molecule has 0 unspecified atom stereocenters. The molecule has 0 saturated heterocycles. The van der Waals surface area contributed by atoms with Gasteiger partial charge in [0.2, 0.25) is 0 Å². The molecule has 0 heterocycles. The average Bonchev–Trinajstić information content (AvgIpc) is 2.28. The molecule has 3 nitrogen and oxygen atoms in total. The van der Waals surface area contributed by atoms with Crippen LogP contribution in [0.4, 0.5) is 0 Å². The topological polar surface area (TPSA) is 57.2 Å². The van der Waals surface area contributed by atoms with Crippen molar-refractivity contribution in [1.29, 1.82) is 0 Å². The van der Waals surface area contributed by atoms with Gasteiger partial charge in [0.05, 0.1) is 10.1 Å². The van der Waals surface area contributed by atoms with Crippen LogP contribution in [0.1, 0.15) is 17.5 Å². The molecule has 0 amide bonds. The van der Waals surface area contributed by atoms with E-state index < -0.39 is 10.1 Å². The van der Waals surface area contributed by atoms with Gasteiger partial charge in [-0.1, -0.05) is 36.9 Å². The van der Waals surface area contributed by atoms with Crippen LogP contribution in [0, 0.1) is 0 Å². The first-order chi connectivity index (χ1) is 8.01. The molecule has 0 N–H and O–H groups in total. The first-order valence-corrected chi connectivity index (χ1v) is 7.97. The number of benzene rings is 1. The van der Waals surface area contributed by atoms with E-state index >= 15 is 0 Å². The van der Waals surface area contributed by atoms with E-state index in [1.807, 2.05) is 24.3 Å². The molecule has 0 bridgehead atoms. The molecule has 0 atom stereocenters.